The number of anilines is 1. The summed E-state index contributed by atoms with van der Waals surface area (Å²) in [4.78, 5) is 29.2. The predicted molar refractivity (Wildman–Crippen MR) is 159 cm³/mol. The largest absolute Gasteiger partial charge is 0.439 e. The highest BCUT2D eigenvalue weighted by atomic mass is 19.1. The van der Waals surface area contributed by atoms with Gasteiger partial charge >= 0.3 is 0 Å². The van der Waals surface area contributed by atoms with Crippen LogP contribution in [0.25, 0.3) is 11.1 Å². The Balaban J connectivity index is 1.18. The summed E-state index contributed by atoms with van der Waals surface area (Å²) in [5, 5.41) is 12.7. The number of hydrogen-bond acceptors (Lipinski definition) is 7. The normalized spacial score (nSPS) is 15.8. The summed E-state index contributed by atoms with van der Waals surface area (Å²) < 4.78 is 19.1. The number of rotatable bonds is 7. The number of aliphatic hydroxyl groups excluding tert-OH is 1. The molecule has 2 N–H and O–H groups in total. The van der Waals surface area contributed by atoms with Crippen LogP contribution in [0.15, 0.2) is 84.2 Å². The fourth-order valence-corrected chi connectivity index (χ4v) is 5.36. The minimum Gasteiger partial charge on any atom is -0.439 e. The molecule has 8 nitrogen and oxygen atoms in total. The van der Waals surface area contributed by atoms with Gasteiger partial charge in [0.05, 0.1) is 18.0 Å². The smallest absolute Gasteiger partial charge is 0.274 e. The maximum Gasteiger partial charge on any atom is 0.274 e. The number of benzene rings is 2. The van der Waals surface area contributed by atoms with Crippen molar-refractivity contribution in [3.8, 4) is 22.8 Å². The van der Waals surface area contributed by atoms with Crippen LogP contribution in [0.2, 0.25) is 0 Å². The van der Waals surface area contributed by atoms with Gasteiger partial charge in [-0.05, 0) is 72.7 Å². The zero-order valence-electron chi connectivity index (χ0n) is 23.2. The monoisotopic (exact) mass is 565 g/mol. The summed E-state index contributed by atoms with van der Waals surface area (Å²) in [5.41, 5.74) is 5.85. The number of carbonyl (C=O) groups is 1. The molecule has 0 aliphatic carbocycles. The molecular weight excluding hydrogens is 533 g/mol. The Morgan fingerprint density at radius 2 is 1.90 bits per heavy atom. The molecule has 2 aliphatic rings. The van der Waals surface area contributed by atoms with Crippen molar-refractivity contribution in [3.63, 3.8) is 0 Å². The van der Waals surface area contributed by atoms with E-state index in [-0.39, 0.29) is 17.9 Å². The second kappa shape index (κ2) is 12.6. The van der Waals surface area contributed by atoms with Crippen molar-refractivity contribution in [1.82, 2.24) is 14.9 Å². The molecule has 2 aromatic heterocycles. The standard InChI is InChI=1S/C33H32FN5O3/c34-26-4-1-5-29(17-26)42-31-9-8-27(20-37-31)38-33(41)32-30-16-24(7-6-23(30)3-2-12-36-32)25-15-22(18-35-19-25)21-39-13-10-28(40)11-14-39/h1,4-9,15-20,28,40H,2-3,10-14,21H2,(H,38,41). The molecule has 1 saturated heterocycles. The number of fused-ring (bicyclic) bond motifs is 1. The molecular formula is C33H32FN5O3. The molecule has 4 heterocycles. The molecule has 1 amide bonds. The van der Waals surface area contributed by atoms with Gasteiger partial charge < -0.3 is 15.2 Å². The molecule has 0 spiro atoms. The van der Waals surface area contributed by atoms with Gasteiger partial charge in [-0.1, -0.05) is 18.2 Å². The Kier molecular flexibility index (Phi) is 8.30. The van der Waals surface area contributed by atoms with E-state index >= 15 is 0 Å². The highest BCUT2D eigenvalue weighted by molar-refractivity contribution is 6.49. The van der Waals surface area contributed by atoms with Gasteiger partial charge in [-0.25, -0.2) is 9.37 Å². The van der Waals surface area contributed by atoms with Crippen LogP contribution in [0, 0.1) is 5.82 Å². The number of carbonyl (C=O) groups excluding carboxylic acids is 1. The van der Waals surface area contributed by atoms with Gasteiger partial charge in [0, 0.05) is 61.8 Å². The molecule has 42 heavy (non-hydrogen) atoms. The van der Waals surface area contributed by atoms with Crippen molar-refractivity contribution in [2.24, 2.45) is 4.99 Å². The molecule has 0 unspecified atom stereocenters. The van der Waals surface area contributed by atoms with E-state index in [0.717, 1.165) is 73.1 Å². The van der Waals surface area contributed by atoms with Gasteiger partial charge in [-0.15, -0.1) is 0 Å². The van der Waals surface area contributed by atoms with Gasteiger partial charge in [-0.2, -0.15) is 0 Å². The number of halogens is 1. The van der Waals surface area contributed by atoms with Gasteiger partial charge in [0.25, 0.3) is 5.91 Å². The molecule has 4 aromatic rings. The minimum atomic E-state index is -0.396. The quantitative estimate of drug-likeness (QED) is 0.311. The van der Waals surface area contributed by atoms with Gasteiger partial charge in [0.15, 0.2) is 0 Å². The molecule has 1 fully saturated rings. The number of amides is 1. The molecule has 0 atom stereocenters. The fraction of sp³-hybridized carbons (Fsp3) is 0.273. The van der Waals surface area contributed by atoms with E-state index < -0.39 is 5.82 Å². The lowest BCUT2D eigenvalue weighted by atomic mass is 9.94. The third-order valence-corrected chi connectivity index (χ3v) is 7.56. The minimum absolute atomic E-state index is 0.199. The second-order valence-electron chi connectivity index (χ2n) is 10.7. The Bertz CT molecular complexity index is 1600. The van der Waals surface area contributed by atoms with E-state index in [1.54, 1.807) is 24.3 Å². The lowest BCUT2D eigenvalue weighted by Gasteiger charge is -2.29. The first-order valence-electron chi connectivity index (χ1n) is 14.2. The van der Waals surface area contributed by atoms with Crippen LogP contribution in [-0.2, 0) is 17.8 Å². The fourth-order valence-electron chi connectivity index (χ4n) is 5.36. The van der Waals surface area contributed by atoms with Crippen molar-refractivity contribution < 1.29 is 19.0 Å². The number of piperidine rings is 1. The number of hydrogen-bond donors (Lipinski definition) is 2. The number of aromatic nitrogens is 2. The first-order chi connectivity index (χ1) is 20.5. The molecule has 6 rings (SSSR count). The Hall–Kier alpha value is -4.47. The zero-order valence-corrected chi connectivity index (χ0v) is 23.2. The molecule has 0 radical (unpaired) electrons. The van der Waals surface area contributed by atoms with Crippen LogP contribution < -0.4 is 10.1 Å². The molecule has 214 valence electrons. The third kappa shape index (κ3) is 6.70. The number of nitrogens with one attached hydrogen (secondary N) is 1. The maximum atomic E-state index is 13.5. The molecule has 0 saturated carbocycles. The average Bonchev–Trinajstić information content (AvgIpc) is 3.22. The molecule has 2 aromatic carbocycles. The van der Waals surface area contributed by atoms with E-state index in [9.17, 15) is 14.3 Å². The predicted octanol–water partition coefficient (Wildman–Crippen LogP) is 5.41. The van der Waals surface area contributed by atoms with Crippen molar-refractivity contribution in [3.05, 3.63) is 102 Å². The lowest BCUT2D eigenvalue weighted by molar-refractivity contribution is -0.110. The van der Waals surface area contributed by atoms with E-state index in [1.807, 2.05) is 18.5 Å². The highest BCUT2D eigenvalue weighted by Crippen LogP contribution is 2.27. The second-order valence-corrected chi connectivity index (χ2v) is 10.7. The molecule has 9 heteroatoms. The van der Waals surface area contributed by atoms with Crippen LogP contribution in [0.5, 0.6) is 11.6 Å². The van der Waals surface area contributed by atoms with Crippen LogP contribution in [0.3, 0.4) is 0 Å². The summed E-state index contributed by atoms with van der Waals surface area (Å²) in [6, 6.07) is 17.5. The van der Waals surface area contributed by atoms with E-state index in [0.29, 0.717) is 23.7 Å². The van der Waals surface area contributed by atoms with Crippen LogP contribution in [0.4, 0.5) is 10.1 Å². The Morgan fingerprint density at radius 3 is 2.71 bits per heavy atom. The number of aliphatic hydroxyl groups is 1. The third-order valence-electron chi connectivity index (χ3n) is 7.56. The van der Waals surface area contributed by atoms with E-state index in [2.05, 4.69) is 43.4 Å². The Labute approximate surface area is 243 Å². The Morgan fingerprint density at radius 1 is 1.02 bits per heavy atom. The van der Waals surface area contributed by atoms with Crippen molar-refractivity contribution in [2.45, 2.75) is 38.3 Å². The maximum absolute atomic E-state index is 13.5. The van der Waals surface area contributed by atoms with Crippen LogP contribution in [-0.4, -0.2) is 57.3 Å². The summed E-state index contributed by atoms with van der Waals surface area (Å²) in [6.45, 7) is 3.09. The first-order valence-corrected chi connectivity index (χ1v) is 14.2. The summed E-state index contributed by atoms with van der Waals surface area (Å²) >= 11 is 0. The van der Waals surface area contributed by atoms with Crippen LogP contribution in [0.1, 0.15) is 36.0 Å². The summed E-state index contributed by atoms with van der Waals surface area (Å²) in [6.07, 6.45) is 8.33. The molecule has 2 aliphatic heterocycles. The number of pyridine rings is 2. The van der Waals surface area contributed by atoms with E-state index in [4.69, 9.17) is 4.74 Å². The van der Waals surface area contributed by atoms with Crippen molar-refractivity contribution in [2.75, 3.05) is 25.0 Å². The average molecular weight is 566 g/mol. The van der Waals surface area contributed by atoms with Gasteiger partial charge in [0.1, 0.15) is 17.3 Å². The zero-order chi connectivity index (χ0) is 28.9. The first kappa shape index (κ1) is 27.7. The lowest BCUT2D eigenvalue weighted by Crippen LogP contribution is -2.35. The van der Waals surface area contributed by atoms with E-state index in [1.165, 1.54) is 18.3 Å². The number of ether oxygens (including phenoxy) is 1. The van der Waals surface area contributed by atoms with Crippen molar-refractivity contribution >= 4 is 17.3 Å². The van der Waals surface area contributed by atoms with Crippen molar-refractivity contribution in [1.29, 1.82) is 0 Å². The highest BCUT2D eigenvalue weighted by Gasteiger charge is 2.21. The summed E-state index contributed by atoms with van der Waals surface area (Å²) in [5.74, 6) is -0.0808. The number of aliphatic imine (C=N–C) groups is 1. The topological polar surface area (TPSA) is 99.9 Å². The number of nitrogens with zero attached hydrogens (tertiary/aromatic N) is 4. The van der Waals surface area contributed by atoms with Crippen LogP contribution >= 0.6 is 0 Å². The van der Waals surface area contributed by atoms with Gasteiger partial charge in [0.2, 0.25) is 5.88 Å². The number of likely N-dealkylation sites (tertiary alicyclic amines) is 1. The molecule has 0 bridgehead atoms. The number of aryl methyl sites for hydroxylation is 1. The summed E-state index contributed by atoms with van der Waals surface area (Å²) in [7, 11) is 0. The SMILES string of the molecule is O=C(Nc1ccc(Oc2cccc(F)c2)nc1)C1=NCCCc2ccc(-c3cncc(CN4CCC(O)CC4)c3)cc21. The van der Waals surface area contributed by atoms with Gasteiger partial charge in [-0.3, -0.25) is 19.7 Å².